The summed E-state index contributed by atoms with van der Waals surface area (Å²) < 4.78 is 5.66. The van der Waals surface area contributed by atoms with Crippen molar-refractivity contribution in [2.24, 2.45) is 0 Å². The molecule has 7 nitrogen and oxygen atoms in total. The van der Waals surface area contributed by atoms with Gasteiger partial charge >= 0.3 is 6.03 Å². The minimum absolute atomic E-state index is 0.157. The van der Waals surface area contributed by atoms with Crippen molar-refractivity contribution in [3.63, 3.8) is 0 Å². The molecule has 1 aliphatic rings. The SMILES string of the molecule is CCCCCOc1cc(NC(=O)N2CC(N(c3ccccn3)C(C)C)C2)cc(Cl)n1. The van der Waals surface area contributed by atoms with Crippen molar-refractivity contribution in [1.82, 2.24) is 14.9 Å². The van der Waals surface area contributed by atoms with Crippen LogP contribution in [0.1, 0.15) is 40.0 Å². The number of rotatable bonds is 9. The highest BCUT2D eigenvalue weighted by Crippen LogP contribution is 2.25. The van der Waals surface area contributed by atoms with Crippen molar-refractivity contribution in [1.29, 1.82) is 0 Å². The van der Waals surface area contributed by atoms with Gasteiger partial charge in [-0.1, -0.05) is 37.4 Å². The molecule has 0 atom stereocenters. The number of nitrogens with one attached hydrogen (secondary N) is 1. The molecule has 2 aromatic heterocycles. The second-order valence-corrected chi connectivity index (χ2v) is 8.14. The Morgan fingerprint density at radius 2 is 2.13 bits per heavy atom. The third-order valence-corrected chi connectivity index (χ3v) is 5.23. The van der Waals surface area contributed by atoms with Gasteiger partial charge in [0.1, 0.15) is 11.0 Å². The number of likely N-dealkylation sites (tertiary alicyclic amines) is 1. The Bertz CT molecular complexity index is 828. The van der Waals surface area contributed by atoms with Crippen LogP contribution in [0.25, 0.3) is 0 Å². The molecule has 0 bridgehead atoms. The van der Waals surface area contributed by atoms with Crippen molar-refractivity contribution in [2.45, 2.75) is 52.1 Å². The smallest absolute Gasteiger partial charge is 0.321 e. The first-order valence-electron chi connectivity index (χ1n) is 10.5. The minimum Gasteiger partial charge on any atom is -0.478 e. The van der Waals surface area contributed by atoms with Gasteiger partial charge in [0.2, 0.25) is 5.88 Å². The maximum absolute atomic E-state index is 12.7. The monoisotopic (exact) mass is 431 g/mol. The zero-order chi connectivity index (χ0) is 21.5. The summed E-state index contributed by atoms with van der Waals surface area (Å²) in [6.45, 7) is 8.28. The first-order chi connectivity index (χ1) is 14.5. The lowest BCUT2D eigenvalue weighted by Crippen LogP contribution is -2.63. The second-order valence-electron chi connectivity index (χ2n) is 7.75. The summed E-state index contributed by atoms with van der Waals surface area (Å²) in [5, 5.41) is 3.20. The lowest BCUT2D eigenvalue weighted by molar-refractivity contribution is 0.158. The van der Waals surface area contributed by atoms with E-state index in [-0.39, 0.29) is 12.1 Å². The normalized spacial score (nSPS) is 13.8. The van der Waals surface area contributed by atoms with Crippen molar-refractivity contribution in [2.75, 3.05) is 29.9 Å². The molecule has 3 heterocycles. The molecule has 1 fully saturated rings. The fourth-order valence-corrected chi connectivity index (χ4v) is 3.73. The molecule has 8 heteroatoms. The van der Waals surface area contributed by atoms with E-state index in [1.807, 2.05) is 18.2 Å². The highest BCUT2D eigenvalue weighted by Gasteiger charge is 2.36. The molecule has 0 radical (unpaired) electrons. The number of hydrogen-bond donors (Lipinski definition) is 1. The van der Waals surface area contributed by atoms with Gasteiger partial charge in [0.15, 0.2) is 0 Å². The number of pyridine rings is 2. The van der Waals surface area contributed by atoms with Crippen LogP contribution >= 0.6 is 11.6 Å². The largest absolute Gasteiger partial charge is 0.478 e. The number of nitrogens with zero attached hydrogens (tertiary/aromatic N) is 4. The van der Waals surface area contributed by atoms with Crippen molar-refractivity contribution in [3.8, 4) is 5.88 Å². The van der Waals surface area contributed by atoms with Crippen LogP contribution in [0.5, 0.6) is 5.88 Å². The van der Waals surface area contributed by atoms with Crippen LogP contribution in [-0.2, 0) is 0 Å². The van der Waals surface area contributed by atoms with Crippen molar-refractivity contribution in [3.05, 3.63) is 41.7 Å². The van der Waals surface area contributed by atoms with Gasteiger partial charge < -0.3 is 19.9 Å². The van der Waals surface area contributed by atoms with Crippen LogP contribution < -0.4 is 15.0 Å². The Hall–Kier alpha value is -2.54. The van der Waals surface area contributed by atoms with E-state index in [1.54, 1.807) is 23.2 Å². The number of hydrogen-bond acceptors (Lipinski definition) is 5. The van der Waals surface area contributed by atoms with Gasteiger partial charge in [0.25, 0.3) is 0 Å². The Morgan fingerprint density at radius 3 is 2.80 bits per heavy atom. The number of urea groups is 1. The van der Waals surface area contributed by atoms with Crippen LogP contribution in [-0.4, -0.2) is 52.7 Å². The Morgan fingerprint density at radius 1 is 1.33 bits per heavy atom. The van der Waals surface area contributed by atoms with E-state index in [0.717, 1.165) is 25.1 Å². The standard InChI is InChI=1S/C22H30ClN5O2/c1-4-5-8-11-30-21-13-17(12-19(23)26-21)25-22(29)27-14-18(15-27)28(16(2)3)20-9-6-7-10-24-20/h6-7,9-10,12-13,16,18H,4-5,8,11,14-15H2,1-3H3,(H,25,26,29). The number of amides is 2. The summed E-state index contributed by atoms with van der Waals surface area (Å²) in [7, 11) is 0. The molecule has 0 spiro atoms. The van der Waals surface area contributed by atoms with Gasteiger partial charge in [-0.15, -0.1) is 0 Å². The van der Waals surface area contributed by atoms with Gasteiger partial charge in [-0.05, 0) is 38.5 Å². The number of anilines is 2. The maximum atomic E-state index is 12.7. The summed E-state index contributed by atoms with van der Waals surface area (Å²) in [5.41, 5.74) is 0.583. The average molecular weight is 432 g/mol. The van der Waals surface area contributed by atoms with Gasteiger partial charge in [-0.3, -0.25) is 0 Å². The van der Waals surface area contributed by atoms with Crippen LogP contribution in [0.4, 0.5) is 16.3 Å². The van der Waals surface area contributed by atoms with Crippen LogP contribution in [0, 0.1) is 0 Å². The van der Waals surface area contributed by atoms with E-state index < -0.39 is 0 Å². The highest BCUT2D eigenvalue weighted by molar-refractivity contribution is 6.29. The summed E-state index contributed by atoms with van der Waals surface area (Å²) in [6, 6.07) is 9.61. The Labute approximate surface area is 183 Å². The van der Waals surface area contributed by atoms with Gasteiger partial charge in [-0.2, -0.15) is 0 Å². The zero-order valence-electron chi connectivity index (χ0n) is 17.8. The van der Waals surface area contributed by atoms with E-state index in [0.29, 0.717) is 42.5 Å². The molecule has 162 valence electrons. The summed E-state index contributed by atoms with van der Waals surface area (Å²) >= 11 is 6.10. The number of carbonyl (C=O) groups is 1. The molecule has 0 unspecified atom stereocenters. The fourth-order valence-electron chi connectivity index (χ4n) is 3.53. The lowest BCUT2D eigenvalue weighted by Gasteiger charge is -2.47. The Balaban J connectivity index is 1.55. The van der Waals surface area contributed by atoms with Crippen LogP contribution in [0.15, 0.2) is 36.5 Å². The van der Waals surface area contributed by atoms with Crippen molar-refractivity contribution < 1.29 is 9.53 Å². The first kappa shape index (κ1) is 22.2. The topological polar surface area (TPSA) is 70.6 Å². The number of unbranched alkanes of at least 4 members (excludes halogenated alkanes) is 2. The average Bonchev–Trinajstić information content (AvgIpc) is 2.67. The number of halogens is 1. The molecule has 2 amide bonds. The number of ether oxygens (including phenoxy) is 1. The molecular weight excluding hydrogens is 402 g/mol. The van der Waals surface area contributed by atoms with E-state index in [1.165, 1.54) is 0 Å². The number of carbonyl (C=O) groups excluding carboxylic acids is 1. The zero-order valence-corrected chi connectivity index (χ0v) is 18.6. The lowest BCUT2D eigenvalue weighted by atomic mass is 10.1. The molecule has 3 rings (SSSR count). The van der Waals surface area contributed by atoms with Gasteiger partial charge in [0, 0.05) is 31.4 Å². The third-order valence-electron chi connectivity index (χ3n) is 5.03. The predicted octanol–water partition coefficient (Wildman–Crippen LogP) is 4.83. The molecular formula is C22H30ClN5O2. The molecule has 1 N–H and O–H groups in total. The van der Waals surface area contributed by atoms with Crippen LogP contribution in [0.3, 0.4) is 0 Å². The molecule has 30 heavy (non-hydrogen) atoms. The van der Waals surface area contributed by atoms with Crippen LogP contribution in [0.2, 0.25) is 5.15 Å². The Kier molecular flexibility index (Phi) is 7.74. The van der Waals surface area contributed by atoms with Gasteiger partial charge in [0.05, 0.1) is 18.3 Å². The summed E-state index contributed by atoms with van der Waals surface area (Å²) in [6.07, 6.45) is 4.98. The first-order valence-corrected chi connectivity index (χ1v) is 10.9. The molecule has 0 saturated carbocycles. The predicted molar refractivity (Wildman–Crippen MR) is 120 cm³/mol. The van der Waals surface area contributed by atoms with E-state index in [4.69, 9.17) is 16.3 Å². The quantitative estimate of drug-likeness (QED) is 0.454. The molecule has 2 aromatic rings. The third kappa shape index (κ3) is 5.75. The fraction of sp³-hybridized carbons (Fsp3) is 0.500. The summed E-state index contributed by atoms with van der Waals surface area (Å²) in [4.78, 5) is 25.3. The minimum atomic E-state index is -0.157. The second kappa shape index (κ2) is 10.5. The van der Waals surface area contributed by atoms with E-state index in [9.17, 15) is 4.79 Å². The molecule has 0 aliphatic carbocycles. The van der Waals surface area contributed by atoms with Gasteiger partial charge in [-0.25, -0.2) is 14.8 Å². The molecule has 1 aliphatic heterocycles. The number of aromatic nitrogens is 2. The maximum Gasteiger partial charge on any atom is 0.321 e. The highest BCUT2D eigenvalue weighted by atomic mass is 35.5. The molecule has 0 aromatic carbocycles. The summed E-state index contributed by atoms with van der Waals surface area (Å²) in [5.74, 6) is 1.36. The van der Waals surface area contributed by atoms with Crippen molar-refractivity contribution >= 4 is 29.1 Å². The molecule has 1 saturated heterocycles. The van der Waals surface area contributed by atoms with E-state index in [2.05, 4.69) is 41.0 Å². The van der Waals surface area contributed by atoms with E-state index >= 15 is 0 Å².